The van der Waals surface area contributed by atoms with Gasteiger partial charge in [-0.15, -0.1) is 0 Å². The van der Waals surface area contributed by atoms with Crippen molar-refractivity contribution in [2.45, 2.75) is 59.8 Å². The highest BCUT2D eigenvalue weighted by molar-refractivity contribution is 5.81. The van der Waals surface area contributed by atoms with Crippen molar-refractivity contribution in [3.63, 3.8) is 0 Å². The Bertz CT molecular complexity index is 235. The predicted octanol–water partition coefficient (Wildman–Crippen LogP) is 4.59. The molecule has 2 heteroatoms. The molecule has 0 spiro atoms. The highest BCUT2D eigenvalue weighted by atomic mass is 16.5. The van der Waals surface area contributed by atoms with Gasteiger partial charge in [0.05, 0.1) is 6.61 Å². The van der Waals surface area contributed by atoms with Crippen molar-refractivity contribution in [3.8, 4) is 0 Å². The second kappa shape index (κ2) is 10.2. The minimum atomic E-state index is -0.313. The summed E-state index contributed by atoms with van der Waals surface area (Å²) in [5.74, 6) is 1.85. The summed E-state index contributed by atoms with van der Waals surface area (Å²) in [5, 5.41) is 0. The fourth-order valence-electron chi connectivity index (χ4n) is 2.22. The van der Waals surface area contributed by atoms with E-state index in [1.165, 1.54) is 31.8 Å². The van der Waals surface area contributed by atoms with Gasteiger partial charge in [0, 0.05) is 6.08 Å². The molecule has 0 saturated heterocycles. The molecule has 0 radical (unpaired) electrons. The minimum Gasteiger partial charge on any atom is -0.463 e. The molecule has 0 aliphatic rings. The summed E-state index contributed by atoms with van der Waals surface area (Å²) < 4.78 is 5.01. The summed E-state index contributed by atoms with van der Waals surface area (Å²) in [4.78, 5) is 10.9. The number of unbranched alkanes of at least 4 members (excludes halogenated alkanes) is 1. The Kier molecular flexibility index (Phi) is 9.72. The summed E-state index contributed by atoms with van der Waals surface area (Å²) in [6.07, 6.45) is 7.33. The Balaban J connectivity index is 3.75. The minimum absolute atomic E-state index is 0.313. The molecule has 0 aliphatic carbocycles. The van der Waals surface area contributed by atoms with Crippen LogP contribution in [0.15, 0.2) is 12.7 Å². The molecule has 18 heavy (non-hydrogen) atoms. The number of carbonyl (C=O) groups excluding carboxylic acids is 1. The Labute approximate surface area is 113 Å². The van der Waals surface area contributed by atoms with Crippen molar-refractivity contribution in [1.29, 1.82) is 0 Å². The van der Waals surface area contributed by atoms with Gasteiger partial charge >= 0.3 is 5.97 Å². The van der Waals surface area contributed by atoms with Gasteiger partial charge < -0.3 is 4.74 Å². The predicted molar refractivity (Wildman–Crippen MR) is 77.4 cm³/mol. The SMILES string of the molecule is C=CC(=O)OCCC(C)CC(C)C(C)CCCC. The normalized spacial score (nSPS) is 15.8. The maximum absolute atomic E-state index is 10.9. The lowest BCUT2D eigenvalue weighted by molar-refractivity contribution is -0.138. The summed E-state index contributed by atoms with van der Waals surface area (Å²) in [6, 6.07) is 0. The number of esters is 1. The van der Waals surface area contributed by atoms with E-state index >= 15 is 0 Å². The van der Waals surface area contributed by atoms with E-state index in [1.54, 1.807) is 0 Å². The first kappa shape index (κ1) is 17.2. The van der Waals surface area contributed by atoms with Crippen LogP contribution < -0.4 is 0 Å². The average Bonchev–Trinajstić information content (AvgIpc) is 2.35. The zero-order valence-electron chi connectivity index (χ0n) is 12.6. The molecule has 2 nitrogen and oxygen atoms in total. The van der Waals surface area contributed by atoms with Crippen LogP contribution in [-0.4, -0.2) is 12.6 Å². The average molecular weight is 254 g/mol. The van der Waals surface area contributed by atoms with E-state index in [2.05, 4.69) is 34.3 Å². The third-order valence-electron chi connectivity index (χ3n) is 3.78. The molecule has 0 rings (SSSR count). The summed E-state index contributed by atoms with van der Waals surface area (Å²) in [5.41, 5.74) is 0. The van der Waals surface area contributed by atoms with E-state index in [9.17, 15) is 4.79 Å². The third-order valence-corrected chi connectivity index (χ3v) is 3.78. The molecular formula is C16H30O2. The largest absolute Gasteiger partial charge is 0.463 e. The molecule has 0 aromatic heterocycles. The number of hydrogen-bond donors (Lipinski definition) is 0. The van der Waals surface area contributed by atoms with Crippen LogP contribution in [0.4, 0.5) is 0 Å². The van der Waals surface area contributed by atoms with Crippen LogP contribution in [0.1, 0.15) is 59.8 Å². The molecule has 0 bridgehead atoms. The number of carbonyl (C=O) groups is 1. The van der Waals surface area contributed by atoms with Crippen molar-refractivity contribution < 1.29 is 9.53 Å². The molecule has 0 saturated carbocycles. The Morgan fingerprint density at radius 3 is 2.44 bits per heavy atom. The zero-order valence-corrected chi connectivity index (χ0v) is 12.6. The smallest absolute Gasteiger partial charge is 0.330 e. The molecule has 0 aliphatic heterocycles. The first-order valence-corrected chi connectivity index (χ1v) is 7.30. The van der Waals surface area contributed by atoms with E-state index in [-0.39, 0.29) is 5.97 Å². The van der Waals surface area contributed by atoms with Gasteiger partial charge in [-0.2, -0.15) is 0 Å². The van der Waals surface area contributed by atoms with E-state index in [0.29, 0.717) is 12.5 Å². The van der Waals surface area contributed by atoms with Crippen LogP contribution in [0.2, 0.25) is 0 Å². The summed E-state index contributed by atoms with van der Waals surface area (Å²) in [6.45, 7) is 13.1. The monoisotopic (exact) mass is 254 g/mol. The molecule has 0 aromatic carbocycles. The molecule has 0 amide bonds. The first-order chi connectivity index (χ1) is 8.51. The van der Waals surface area contributed by atoms with Crippen LogP contribution in [0, 0.1) is 17.8 Å². The van der Waals surface area contributed by atoms with Crippen molar-refractivity contribution in [3.05, 3.63) is 12.7 Å². The number of hydrogen-bond acceptors (Lipinski definition) is 2. The summed E-state index contributed by atoms with van der Waals surface area (Å²) in [7, 11) is 0. The van der Waals surface area contributed by atoms with E-state index < -0.39 is 0 Å². The molecule has 0 aromatic rings. The van der Waals surface area contributed by atoms with Crippen LogP contribution in [0.3, 0.4) is 0 Å². The lowest BCUT2D eigenvalue weighted by Gasteiger charge is -2.23. The standard InChI is InChI=1S/C16H30O2/c1-6-8-9-14(4)15(5)12-13(3)10-11-18-16(17)7-2/h7,13-15H,2,6,8-12H2,1,3-5H3. The van der Waals surface area contributed by atoms with Crippen molar-refractivity contribution in [2.24, 2.45) is 17.8 Å². The quantitative estimate of drug-likeness (QED) is 0.421. The molecule has 3 atom stereocenters. The van der Waals surface area contributed by atoms with Gasteiger partial charge in [0.15, 0.2) is 0 Å². The van der Waals surface area contributed by atoms with E-state index in [4.69, 9.17) is 4.74 Å². The van der Waals surface area contributed by atoms with Gasteiger partial charge in [-0.05, 0) is 30.6 Å². The Morgan fingerprint density at radius 1 is 1.22 bits per heavy atom. The second-order valence-electron chi connectivity index (χ2n) is 5.60. The maximum atomic E-state index is 10.9. The number of rotatable bonds is 10. The van der Waals surface area contributed by atoms with Crippen LogP contribution >= 0.6 is 0 Å². The topological polar surface area (TPSA) is 26.3 Å². The highest BCUT2D eigenvalue weighted by Crippen LogP contribution is 2.25. The van der Waals surface area contributed by atoms with Gasteiger partial charge in [-0.1, -0.05) is 53.5 Å². The Hall–Kier alpha value is -0.790. The van der Waals surface area contributed by atoms with Gasteiger partial charge in [0.1, 0.15) is 0 Å². The highest BCUT2D eigenvalue weighted by Gasteiger charge is 2.15. The molecule has 106 valence electrons. The van der Waals surface area contributed by atoms with Crippen molar-refractivity contribution >= 4 is 5.97 Å². The van der Waals surface area contributed by atoms with E-state index in [0.717, 1.165) is 18.3 Å². The van der Waals surface area contributed by atoms with Crippen LogP contribution in [-0.2, 0) is 9.53 Å². The maximum Gasteiger partial charge on any atom is 0.330 e. The fourth-order valence-corrected chi connectivity index (χ4v) is 2.22. The second-order valence-corrected chi connectivity index (χ2v) is 5.60. The van der Waals surface area contributed by atoms with Crippen molar-refractivity contribution in [1.82, 2.24) is 0 Å². The lowest BCUT2D eigenvalue weighted by atomic mass is 9.84. The first-order valence-electron chi connectivity index (χ1n) is 7.30. The molecule has 3 unspecified atom stereocenters. The van der Waals surface area contributed by atoms with Gasteiger partial charge in [0.25, 0.3) is 0 Å². The van der Waals surface area contributed by atoms with Gasteiger partial charge in [-0.25, -0.2) is 4.79 Å². The zero-order chi connectivity index (χ0) is 14.0. The van der Waals surface area contributed by atoms with Crippen LogP contribution in [0.5, 0.6) is 0 Å². The van der Waals surface area contributed by atoms with Crippen LogP contribution in [0.25, 0.3) is 0 Å². The third kappa shape index (κ3) is 8.32. The van der Waals surface area contributed by atoms with Gasteiger partial charge in [-0.3, -0.25) is 0 Å². The van der Waals surface area contributed by atoms with Crippen molar-refractivity contribution in [2.75, 3.05) is 6.61 Å². The number of ether oxygens (including phenoxy) is 1. The lowest BCUT2D eigenvalue weighted by Crippen LogP contribution is -2.14. The van der Waals surface area contributed by atoms with Gasteiger partial charge in [0.2, 0.25) is 0 Å². The fraction of sp³-hybridized carbons (Fsp3) is 0.812. The summed E-state index contributed by atoms with van der Waals surface area (Å²) >= 11 is 0. The van der Waals surface area contributed by atoms with E-state index in [1.807, 2.05) is 0 Å². The molecule has 0 heterocycles. The molecule has 0 N–H and O–H groups in total. The Morgan fingerprint density at radius 2 is 1.89 bits per heavy atom. The molecule has 0 fully saturated rings. The molecular weight excluding hydrogens is 224 g/mol.